The molecule has 1 unspecified atom stereocenters. The molecule has 2 saturated carbocycles. The van der Waals surface area contributed by atoms with E-state index >= 15 is 0 Å². The number of rotatable bonds is 6. The zero-order valence-corrected chi connectivity index (χ0v) is 22.5. The number of piperidine rings is 1. The second-order valence-electron chi connectivity index (χ2n) is 12.4. The van der Waals surface area contributed by atoms with E-state index < -0.39 is 5.54 Å². The molecule has 2 amide bonds. The fraction of sp³-hybridized carbons (Fsp3) is 0.700. The number of hydrogen-bond donors (Lipinski definition) is 1. The Kier molecular flexibility index (Phi) is 6.33. The minimum atomic E-state index is -0.916. The molecule has 7 nitrogen and oxygen atoms in total. The van der Waals surface area contributed by atoms with Crippen LogP contribution in [0, 0.1) is 17.3 Å². The number of amides is 2. The Morgan fingerprint density at radius 3 is 2.49 bits per heavy atom. The Morgan fingerprint density at radius 2 is 1.84 bits per heavy atom. The maximum Gasteiger partial charge on any atom is 0.262 e. The summed E-state index contributed by atoms with van der Waals surface area (Å²) in [7, 11) is 1.80. The third-order valence-electron chi connectivity index (χ3n) is 10.2. The Balaban J connectivity index is 1.31. The number of fused-ring (bicyclic) bond motifs is 3. The molecular formula is C30H42N4O3. The second kappa shape index (κ2) is 9.40. The number of likely N-dealkylation sites (tertiary alicyclic amines) is 1. The van der Waals surface area contributed by atoms with Crippen LogP contribution in [0.1, 0.15) is 81.4 Å². The van der Waals surface area contributed by atoms with Gasteiger partial charge in [-0.15, -0.1) is 0 Å². The molecular weight excluding hydrogens is 464 g/mol. The average molecular weight is 507 g/mol. The van der Waals surface area contributed by atoms with E-state index in [1.807, 2.05) is 4.90 Å². The van der Waals surface area contributed by atoms with Crippen molar-refractivity contribution < 1.29 is 14.3 Å². The smallest absolute Gasteiger partial charge is 0.262 e. The third-order valence-corrected chi connectivity index (χ3v) is 10.2. The van der Waals surface area contributed by atoms with Crippen molar-refractivity contribution in [1.29, 1.82) is 0 Å². The Hall–Kier alpha value is -2.41. The van der Waals surface area contributed by atoms with Crippen LogP contribution in [-0.2, 0) is 32.7 Å². The van der Waals surface area contributed by atoms with Gasteiger partial charge in [-0.1, -0.05) is 31.0 Å². The number of hydrogen-bond acceptors (Lipinski definition) is 5. The van der Waals surface area contributed by atoms with E-state index in [0.717, 1.165) is 75.9 Å². The molecule has 2 spiro atoms. The highest BCUT2D eigenvalue weighted by Gasteiger charge is 2.66. The summed E-state index contributed by atoms with van der Waals surface area (Å²) < 4.78 is 5.71. The van der Waals surface area contributed by atoms with Crippen molar-refractivity contribution in [3.8, 4) is 0 Å². The molecule has 5 aliphatic rings. The molecule has 1 atom stereocenters. The number of benzene rings is 1. The van der Waals surface area contributed by atoms with Crippen molar-refractivity contribution >= 4 is 17.8 Å². The number of nitrogens with two attached hydrogens (primary N) is 1. The summed E-state index contributed by atoms with van der Waals surface area (Å²) >= 11 is 0. The number of aliphatic imine (C=N–C) groups is 1. The van der Waals surface area contributed by atoms with Gasteiger partial charge < -0.3 is 15.4 Å². The molecule has 37 heavy (non-hydrogen) atoms. The molecule has 7 heteroatoms. The second-order valence-corrected chi connectivity index (χ2v) is 12.4. The molecule has 1 saturated heterocycles. The number of ether oxygens (including phenoxy) is 1. The Bertz CT molecular complexity index is 1100. The van der Waals surface area contributed by atoms with Gasteiger partial charge in [0.05, 0.1) is 6.10 Å². The van der Waals surface area contributed by atoms with Gasteiger partial charge in [0.25, 0.3) is 5.91 Å². The molecule has 1 aromatic carbocycles. The molecule has 2 heterocycles. The predicted molar refractivity (Wildman–Crippen MR) is 143 cm³/mol. The molecule has 2 N–H and O–H groups in total. The van der Waals surface area contributed by atoms with Gasteiger partial charge in [0.1, 0.15) is 0 Å². The van der Waals surface area contributed by atoms with Crippen LogP contribution in [0.25, 0.3) is 0 Å². The molecule has 2 aliphatic heterocycles. The number of guanidine groups is 1. The van der Waals surface area contributed by atoms with E-state index in [0.29, 0.717) is 18.4 Å². The van der Waals surface area contributed by atoms with Crippen LogP contribution in [0.3, 0.4) is 0 Å². The normalized spacial score (nSPS) is 31.9. The minimum Gasteiger partial charge on any atom is -0.381 e. The number of methoxy groups -OCH3 is 1. The summed E-state index contributed by atoms with van der Waals surface area (Å²) in [6, 6.07) is 6.86. The highest BCUT2D eigenvalue weighted by Crippen LogP contribution is 2.62. The molecule has 0 bridgehead atoms. The maximum atomic E-state index is 14.6. The van der Waals surface area contributed by atoms with E-state index in [1.54, 1.807) is 18.9 Å². The van der Waals surface area contributed by atoms with E-state index in [2.05, 4.69) is 18.2 Å². The SMILES string of the molecule is COC1CCC2(CC1)Cc1ccc(CCC3CC3)cc1C21N=C(N)N(CC2CCN(C(C)=O)CC2)C1=O. The largest absolute Gasteiger partial charge is 0.381 e. The first-order valence-electron chi connectivity index (χ1n) is 14.4. The molecule has 0 aromatic heterocycles. The molecule has 6 rings (SSSR count). The van der Waals surface area contributed by atoms with Crippen LogP contribution < -0.4 is 5.73 Å². The van der Waals surface area contributed by atoms with Gasteiger partial charge in [-0.2, -0.15) is 0 Å². The highest BCUT2D eigenvalue weighted by molar-refractivity contribution is 6.08. The summed E-state index contributed by atoms with van der Waals surface area (Å²) in [5.74, 6) is 1.79. The van der Waals surface area contributed by atoms with Gasteiger partial charge in [-0.3, -0.25) is 14.5 Å². The molecule has 200 valence electrons. The van der Waals surface area contributed by atoms with Gasteiger partial charge in [-0.25, -0.2) is 4.99 Å². The van der Waals surface area contributed by atoms with E-state index in [1.165, 1.54) is 30.4 Å². The Labute approximate surface area is 220 Å². The molecule has 3 aliphatic carbocycles. The van der Waals surface area contributed by atoms with Crippen molar-refractivity contribution in [1.82, 2.24) is 9.80 Å². The van der Waals surface area contributed by atoms with Crippen LogP contribution in [0.15, 0.2) is 23.2 Å². The van der Waals surface area contributed by atoms with Crippen LogP contribution in [-0.4, -0.2) is 60.4 Å². The summed E-state index contributed by atoms with van der Waals surface area (Å²) in [5.41, 5.74) is 9.17. The lowest BCUT2D eigenvalue weighted by atomic mass is 9.61. The zero-order chi connectivity index (χ0) is 25.8. The number of carbonyl (C=O) groups is 2. The van der Waals surface area contributed by atoms with Crippen LogP contribution in [0.5, 0.6) is 0 Å². The van der Waals surface area contributed by atoms with Gasteiger partial charge in [0, 0.05) is 39.1 Å². The van der Waals surface area contributed by atoms with Crippen molar-refractivity contribution in [3.63, 3.8) is 0 Å². The van der Waals surface area contributed by atoms with Crippen LogP contribution in [0.2, 0.25) is 0 Å². The monoisotopic (exact) mass is 506 g/mol. The topological polar surface area (TPSA) is 88.2 Å². The fourth-order valence-electron chi connectivity index (χ4n) is 7.71. The zero-order valence-electron chi connectivity index (χ0n) is 22.5. The van der Waals surface area contributed by atoms with Crippen LogP contribution >= 0.6 is 0 Å². The van der Waals surface area contributed by atoms with Gasteiger partial charge in [0.15, 0.2) is 11.5 Å². The van der Waals surface area contributed by atoms with Crippen molar-refractivity contribution in [2.24, 2.45) is 28.0 Å². The Morgan fingerprint density at radius 1 is 1.11 bits per heavy atom. The lowest BCUT2D eigenvalue weighted by molar-refractivity contribution is -0.139. The van der Waals surface area contributed by atoms with Gasteiger partial charge >= 0.3 is 0 Å². The first kappa shape index (κ1) is 24.9. The summed E-state index contributed by atoms with van der Waals surface area (Å²) in [5, 5.41) is 0. The molecule has 0 radical (unpaired) electrons. The average Bonchev–Trinajstić information content (AvgIpc) is 3.66. The van der Waals surface area contributed by atoms with Gasteiger partial charge in [-0.05, 0) is 86.3 Å². The minimum absolute atomic E-state index is 0.0768. The molecule has 1 aromatic rings. The quantitative estimate of drug-likeness (QED) is 0.636. The third kappa shape index (κ3) is 4.18. The number of carbonyl (C=O) groups excluding carboxylic acids is 2. The summed E-state index contributed by atoms with van der Waals surface area (Å²) in [6.45, 7) is 3.72. The lowest BCUT2D eigenvalue weighted by Gasteiger charge is -2.45. The fourth-order valence-corrected chi connectivity index (χ4v) is 7.71. The van der Waals surface area contributed by atoms with Crippen LogP contribution in [0.4, 0.5) is 0 Å². The first-order valence-corrected chi connectivity index (χ1v) is 14.4. The number of aryl methyl sites for hydroxylation is 1. The first-order chi connectivity index (χ1) is 17.8. The van der Waals surface area contributed by atoms with Crippen molar-refractivity contribution in [2.75, 3.05) is 26.7 Å². The summed E-state index contributed by atoms with van der Waals surface area (Å²) in [6.07, 6.45) is 11.7. The standard InChI is InChI=1S/C30H42N4O3/c1-20(35)33-15-11-23(12-16-33)19-34-27(36)30(32-28(34)31)26-17-22(6-5-21-3-4-21)7-8-24(26)18-29(30)13-9-25(37-2)10-14-29/h7-8,17,21,23,25H,3-6,9-16,18-19H2,1-2H3,(H2,31,32). The highest BCUT2D eigenvalue weighted by atomic mass is 16.5. The van der Waals surface area contributed by atoms with E-state index in [4.69, 9.17) is 15.5 Å². The van der Waals surface area contributed by atoms with Gasteiger partial charge in [0.2, 0.25) is 5.91 Å². The molecule has 3 fully saturated rings. The predicted octanol–water partition coefficient (Wildman–Crippen LogP) is 3.77. The van der Waals surface area contributed by atoms with Crippen molar-refractivity contribution in [3.05, 3.63) is 34.9 Å². The summed E-state index contributed by atoms with van der Waals surface area (Å²) in [4.78, 5) is 35.3. The van der Waals surface area contributed by atoms with E-state index in [9.17, 15) is 9.59 Å². The lowest BCUT2D eigenvalue weighted by Crippen LogP contribution is -2.53. The van der Waals surface area contributed by atoms with E-state index in [-0.39, 0.29) is 23.3 Å². The maximum absolute atomic E-state index is 14.6. The van der Waals surface area contributed by atoms with Crippen molar-refractivity contribution in [2.45, 2.75) is 89.2 Å². The number of nitrogens with zero attached hydrogens (tertiary/aromatic N) is 3.